The van der Waals surface area contributed by atoms with Gasteiger partial charge in [-0.25, -0.2) is 14.6 Å². The molecule has 1 unspecified atom stereocenters. The fraction of sp³-hybridized carbons (Fsp3) is 0.333. The first-order valence-electron chi connectivity index (χ1n) is 8.71. The molecular weight excluding hydrogens is 330 g/mol. The number of aromatic nitrogens is 4. The number of fused-ring (bicyclic) bond motifs is 1. The van der Waals surface area contributed by atoms with Crippen molar-refractivity contribution in [1.29, 1.82) is 0 Å². The van der Waals surface area contributed by atoms with Crippen molar-refractivity contribution in [3.05, 3.63) is 36.8 Å². The number of piperidine rings is 1. The molecule has 26 heavy (non-hydrogen) atoms. The number of ether oxygens (including phenoxy) is 1. The molecule has 0 bridgehead atoms. The Balaban J connectivity index is 1.59. The lowest BCUT2D eigenvalue weighted by molar-refractivity contribution is 0.414. The average Bonchev–Trinajstić information content (AvgIpc) is 3.14. The number of anilines is 1. The van der Waals surface area contributed by atoms with Crippen LogP contribution in [0.2, 0.25) is 0 Å². The van der Waals surface area contributed by atoms with Gasteiger partial charge in [0.1, 0.15) is 12.1 Å². The zero-order valence-corrected chi connectivity index (χ0v) is 14.6. The van der Waals surface area contributed by atoms with Gasteiger partial charge >= 0.3 is 0 Å². The van der Waals surface area contributed by atoms with Crippen LogP contribution >= 0.6 is 0 Å². The van der Waals surface area contributed by atoms with Crippen LogP contribution in [-0.2, 0) is 0 Å². The Morgan fingerprint density at radius 1 is 1.35 bits per heavy atom. The summed E-state index contributed by atoms with van der Waals surface area (Å²) >= 11 is 0. The highest BCUT2D eigenvalue weighted by Gasteiger charge is 2.12. The molecule has 3 heterocycles. The maximum Gasteiger partial charge on any atom is 0.168 e. The van der Waals surface area contributed by atoms with Crippen molar-refractivity contribution < 1.29 is 4.74 Å². The van der Waals surface area contributed by atoms with Crippen LogP contribution < -0.4 is 15.5 Å². The number of hydrogen-bond acceptors (Lipinski definition) is 7. The van der Waals surface area contributed by atoms with Gasteiger partial charge in [-0.2, -0.15) is 10.2 Å². The van der Waals surface area contributed by atoms with Crippen LogP contribution in [0.25, 0.3) is 16.7 Å². The van der Waals surface area contributed by atoms with Gasteiger partial charge < -0.3 is 10.1 Å². The van der Waals surface area contributed by atoms with E-state index >= 15 is 0 Å². The molecular formula is C18H21N7O. The smallest absolute Gasteiger partial charge is 0.168 e. The van der Waals surface area contributed by atoms with Crippen LogP contribution in [0, 0.1) is 0 Å². The zero-order valence-electron chi connectivity index (χ0n) is 14.6. The number of hydrogen-bond donors (Lipinski definition) is 2. The molecule has 8 nitrogen and oxygen atoms in total. The normalized spacial score (nSPS) is 17.7. The van der Waals surface area contributed by atoms with Crippen molar-refractivity contribution in [2.24, 2.45) is 5.10 Å². The molecule has 3 aromatic rings. The van der Waals surface area contributed by atoms with Crippen molar-refractivity contribution in [2.75, 3.05) is 19.1 Å². The number of rotatable bonds is 5. The topological polar surface area (TPSA) is 89.2 Å². The fourth-order valence-corrected chi connectivity index (χ4v) is 3.06. The summed E-state index contributed by atoms with van der Waals surface area (Å²) in [5, 5.41) is 13.0. The van der Waals surface area contributed by atoms with E-state index in [0.29, 0.717) is 17.5 Å². The van der Waals surface area contributed by atoms with Gasteiger partial charge in [-0.05, 0) is 31.5 Å². The monoisotopic (exact) mass is 351 g/mol. The van der Waals surface area contributed by atoms with E-state index in [1.807, 2.05) is 30.5 Å². The van der Waals surface area contributed by atoms with Gasteiger partial charge in [-0.15, -0.1) is 0 Å². The molecule has 1 aromatic carbocycles. The molecule has 1 aliphatic rings. The minimum absolute atomic E-state index is 0.313. The lowest BCUT2D eigenvalue weighted by Gasteiger charge is -2.19. The summed E-state index contributed by atoms with van der Waals surface area (Å²) in [5.74, 6) is 1.40. The first-order chi connectivity index (χ1) is 12.8. The molecule has 1 atom stereocenters. The minimum atomic E-state index is 0.313. The van der Waals surface area contributed by atoms with Crippen LogP contribution in [-0.4, -0.2) is 45.7 Å². The van der Waals surface area contributed by atoms with Crippen molar-refractivity contribution >= 4 is 23.1 Å². The summed E-state index contributed by atoms with van der Waals surface area (Å²) in [7, 11) is 1.64. The quantitative estimate of drug-likeness (QED) is 0.542. The molecule has 0 saturated carbocycles. The summed E-state index contributed by atoms with van der Waals surface area (Å²) in [5.41, 5.74) is 4.61. The second kappa shape index (κ2) is 7.49. The number of nitrogens with zero attached hydrogens (tertiary/aromatic N) is 5. The number of hydrazone groups is 1. The van der Waals surface area contributed by atoms with Gasteiger partial charge in [0.25, 0.3) is 0 Å². The lowest BCUT2D eigenvalue weighted by atomic mass is 10.1. The molecule has 0 aliphatic carbocycles. The van der Waals surface area contributed by atoms with Crippen molar-refractivity contribution in [1.82, 2.24) is 25.1 Å². The summed E-state index contributed by atoms with van der Waals surface area (Å²) in [6.45, 7) is 1.04. The summed E-state index contributed by atoms with van der Waals surface area (Å²) in [6, 6.07) is 7.99. The third-order valence-electron chi connectivity index (χ3n) is 4.44. The third-order valence-corrected chi connectivity index (χ3v) is 4.44. The SMILES string of the molecule is COc1cccc(-n2ncc3c(N/N=C/C4CCCCN4)ncnc32)c1. The molecule has 0 amide bonds. The predicted molar refractivity (Wildman–Crippen MR) is 101 cm³/mol. The van der Waals surface area contributed by atoms with Gasteiger partial charge in [0.2, 0.25) is 0 Å². The second-order valence-corrected chi connectivity index (χ2v) is 6.16. The Labute approximate surface area is 151 Å². The van der Waals surface area contributed by atoms with Crippen LogP contribution in [0.3, 0.4) is 0 Å². The predicted octanol–water partition coefficient (Wildman–Crippen LogP) is 2.36. The second-order valence-electron chi connectivity index (χ2n) is 6.16. The van der Waals surface area contributed by atoms with Gasteiger partial charge in [0.05, 0.1) is 24.4 Å². The first kappa shape index (κ1) is 16.5. The van der Waals surface area contributed by atoms with Crippen molar-refractivity contribution in [2.45, 2.75) is 25.3 Å². The van der Waals surface area contributed by atoms with Gasteiger partial charge in [0, 0.05) is 18.3 Å². The van der Waals surface area contributed by atoms with E-state index < -0.39 is 0 Å². The van der Waals surface area contributed by atoms with E-state index in [9.17, 15) is 0 Å². The van der Waals surface area contributed by atoms with E-state index in [-0.39, 0.29) is 0 Å². The molecule has 4 rings (SSSR count). The molecule has 1 fully saturated rings. The van der Waals surface area contributed by atoms with Gasteiger partial charge in [-0.3, -0.25) is 5.43 Å². The number of methoxy groups -OCH3 is 1. The van der Waals surface area contributed by atoms with Crippen LogP contribution in [0.15, 0.2) is 41.9 Å². The van der Waals surface area contributed by atoms with E-state index in [2.05, 4.69) is 30.9 Å². The van der Waals surface area contributed by atoms with Crippen molar-refractivity contribution in [3.63, 3.8) is 0 Å². The van der Waals surface area contributed by atoms with E-state index in [4.69, 9.17) is 4.74 Å². The number of nitrogens with one attached hydrogen (secondary N) is 2. The molecule has 1 saturated heterocycles. The molecule has 2 aromatic heterocycles. The van der Waals surface area contributed by atoms with E-state index in [1.54, 1.807) is 18.0 Å². The highest BCUT2D eigenvalue weighted by molar-refractivity contribution is 5.87. The Hall–Kier alpha value is -3.00. The minimum Gasteiger partial charge on any atom is -0.497 e. The lowest BCUT2D eigenvalue weighted by Crippen LogP contribution is -2.35. The Morgan fingerprint density at radius 2 is 2.31 bits per heavy atom. The molecule has 1 aliphatic heterocycles. The standard InChI is InChI=1S/C18H21N7O/c1-26-15-7-4-6-14(9-15)25-18-16(11-23-25)17(20-12-21-18)24-22-10-13-5-2-3-8-19-13/h4,6-7,9-13,19H,2-3,5,8H2,1H3,(H,20,21,24)/b22-10+. The first-order valence-corrected chi connectivity index (χ1v) is 8.71. The number of benzene rings is 1. The summed E-state index contributed by atoms with van der Waals surface area (Å²) in [6.07, 6.45) is 8.73. The third kappa shape index (κ3) is 3.36. The van der Waals surface area contributed by atoms with E-state index in [1.165, 1.54) is 19.2 Å². The molecule has 8 heteroatoms. The van der Waals surface area contributed by atoms with Crippen molar-refractivity contribution in [3.8, 4) is 11.4 Å². The van der Waals surface area contributed by atoms with Crippen LogP contribution in [0.1, 0.15) is 19.3 Å². The van der Waals surface area contributed by atoms with Crippen LogP contribution in [0.4, 0.5) is 5.82 Å². The maximum absolute atomic E-state index is 5.29. The zero-order chi connectivity index (χ0) is 17.8. The molecule has 2 N–H and O–H groups in total. The Bertz CT molecular complexity index is 915. The van der Waals surface area contributed by atoms with Gasteiger partial charge in [-0.1, -0.05) is 12.5 Å². The van der Waals surface area contributed by atoms with E-state index in [0.717, 1.165) is 29.8 Å². The average molecular weight is 351 g/mol. The largest absolute Gasteiger partial charge is 0.497 e. The molecule has 134 valence electrons. The molecule has 0 spiro atoms. The Kier molecular flexibility index (Phi) is 4.74. The maximum atomic E-state index is 5.29. The van der Waals surface area contributed by atoms with Gasteiger partial charge in [0.15, 0.2) is 11.5 Å². The highest BCUT2D eigenvalue weighted by Crippen LogP contribution is 2.23. The summed E-state index contributed by atoms with van der Waals surface area (Å²) in [4.78, 5) is 8.67. The molecule has 0 radical (unpaired) electrons. The fourth-order valence-electron chi connectivity index (χ4n) is 3.06. The highest BCUT2D eigenvalue weighted by atomic mass is 16.5. The summed E-state index contributed by atoms with van der Waals surface area (Å²) < 4.78 is 7.05. The van der Waals surface area contributed by atoms with Crippen LogP contribution in [0.5, 0.6) is 5.75 Å². The Morgan fingerprint density at radius 3 is 3.15 bits per heavy atom.